The van der Waals surface area contributed by atoms with Gasteiger partial charge >= 0.3 is 11.9 Å². The van der Waals surface area contributed by atoms with Gasteiger partial charge in [0.05, 0.1) is 17.0 Å². The second kappa shape index (κ2) is 10.7. The van der Waals surface area contributed by atoms with Crippen LogP contribution in [0.5, 0.6) is 0 Å². The van der Waals surface area contributed by atoms with Crippen LogP contribution in [0.2, 0.25) is 0 Å². The molecule has 0 saturated carbocycles. The van der Waals surface area contributed by atoms with Gasteiger partial charge in [-0.2, -0.15) is 0 Å². The predicted molar refractivity (Wildman–Crippen MR) is 163 cm³/mol. The van der Waals surface area contributed by atoms with Gasteiger partial charge in [0.2, 0.25) is 0 Å². The third-order valence-electron chi connectivity index (χ3n) is 9.27. The van der Waals surface area contributed by atoms with Crippen LogP contribution in [0, 0.1) is 25.7 Å². The first kappa shape index (κ1) is 28.5. The van der Waals surface area contributed by atoms with Crippen molar-refractivity contribution in [2.24, 2.45) is 16.8 Å². The molecule has 5 N–H and O–H groups in total. The van der Waals surface area contributed by atoms with Crippen molar-refractivity contribution in [1.82, 2.24) is 15.3 Å². The number of carbonyl (C=O) groups is 2. The summed E-state index contributed by atoms with van der Waals surface area (Å²) in [6.07, 6.45) is 8.54. The molecule has 216 valence electrons. The summed E-state index contributed by atoms with van der Waals surface area (Å²) in [5.74, 6) is -2.04. The highest BCUT2D eigenvalue weighted by Gasteiger charge is 2.35. The molecule has 2 aromatic heterocycles. The fourth-order valence-electron chi connectivity index (χ4n) is 6.82. The molecule has 0 aromatic carbocycles. The molecule has 8 heteroatoms. The van der Waals surface area contributed by atoms with Crippen LogP contribution < -0.4 is 16.0 Å². The molecule has 0 spiro atoms. The van der Waals surface area contributed by atoms with Gasteiger partial charge in [0.1, 0.15) is 0 Å². The lowest BCUT2D eigenvalue weighted by atomic mass is 9.84. The molecule has 3 aliphatic heterocycles. The highest BCUT2D eigenvalue weighted by molar-refractivity contribution is 6.21. The SMILES string of the molecule is CCC1=C(C)/C2=C/c3[nH]c(c(C)c3CC)/C=C3N=C(/C(C)=c4\[nH]/c(c(C)c4C(=O)O)=C\C1N2)[C@@H](CCC(=O)O)[C@@H]\3C. The summed E-state index contributed by atoms with van der Waals surface area (Å²) in [5, 5.41) is 24.8. The second-order valence-corrected chi connectivity index (χ2v) is 11.5. The number of carboxylic acids is 2. The Balaban J connectivity index is 1.86. The van der Waals surface area contributed by atoms with Crippen LogP contribution in [0.25, 0.3) is 23.8 Å². The van der Waals surface area contributed by atoms with Gasteiger partial charge in [-0.05, 0) is 98.6 Å². The van der Waals surface area contributed by atoms with Crippen molar-refractivity contribution in [2.45, 2.75) is 80.2 Å². The van der Waals surface area contributed by atoms with E-state index in [9.17, 15) is 19.8 Å². The number of aromatic amines is 2. The Hall–Kier alpha value is -4.07. The Morgan fingerprint density at radius 3 is 2.32 bits per heavy atom. The van der Waals surface area contributed by atoms with E-state index in [1.165, 1.54) is 22.3 Å². The summed E-state index contributed by atoms with van der Waals surface area (Å²) in [5.41, 5.74) is 11.3. The average Bonchev–Trinajstić information content (AvgIpc) is 3.60. The summed E-state index contributed by atoms with van der Waals surface area (Å²) in [6, 6.07) is -0.0782. The van der Waals surface area contributed by atoms with Crippen molar-refractivity contribution < 1.29 is 19.8 Å². The number of H-pyrrole nitrogens is 2. The molecule has 41 heavy (non-hydrogen) atoms. The zero-order chi connectivity index (χ0) is 29.7. The van der Waals surface area contributed by atoms with Crippen molar-refractivity contribution in [3.05, 3.63) is 66.9 Å². The van der Waals surface area contributed by atoms with Crippen LogP contribution in [-0.2, 0) is 11.2 Å². The molecule has 2 aromatic rings. The highest BCUT2D eigenvalue weighted by atomic mass is 16.4. The van der Waals surface area contributed by atoms with Crippen LogP contribution in [-0.4, -0.2) is 43.9 Å². The lowest BCUT2D eigenvalue weighted by Crippen LogP contribution is -2.27. The number of aliphatic carboxylic acids is 1. The standard InChI is InChI=1S/C33H40N4O4/c1-8-20-15(3)23-12-25-17(5)22(10-11-29(38)39)31(36-25)19(7)32-30(33(40)41)18(6)26(37-32)14-28-21(9-2)16(4)24(35-28)13-27(20)34-23/h12-14,17,22,28,34-35,37H,8-11H2,1-7H3,(H,38,39)(H,40,41)/b24-13-,25-12-,26-14-,32-19-/t17-,22-,28?/m0/s1. The monoisotopic (exact) mass is 556 g/mol. The van der Waals surface area contributed by atoms with Gasteiger partial charge in [0.25, 0.3) is 0 Å². The molecule has 8 nitrogen and oxygen atoms in total. The third-order valence-corrected chi connectivity index (χ3v) is 9.27. The van der Waals surface area contributed by atoms with Gasteiger partial charge in [-0.1, -0.05) is 20.8 Å². The number of hydrogen-bond donors (Lipinski definition) is 5. The van der Waals surface area contributed by atoms with E-state index in [4.69, 9.17) is 4.99 Å². The third kappa shape index (κ3) is 4.79. The molecule has 0 radical (unpaired) electrons. The maximum Gasteiger partial charge on any atom is 0.338 e. The first-order valence-electron chi connectivity index (χ1n) is 14.5. The van der Waals surface area contributed by atoms with Gasteiger partial charge in [-0.25, -0.2) is 4.79 Å². The number of rotatable bonds is 6. The number of aromatic nitrogens is 2. The van der Waals surface area contributed by atoms with Crippen LogP contribution in [0.3, 0.4) is 0 Å². The molecule has 5 heterocycles. The van der Waals surface area contributed by atoms with Crippen molar-refractivity contribution in [3.63, 3.8) is 0 Å². The summed E-state index contributed by atoms with van der Waals surface area (Å²) in [4.78, 5) is 36.3. The van der Waals surface area contributed by atoms with E-state index < -0.39 is 11.9 Å². The molecule has 5 rings (SSSR count). The summed E-state index contributed by atoms with van der Waals surface area (Å²) in [7, 11) is 0. The molecular formula is C33H40N4O4. The Morgan fingerprint density at radius 1 is 0.951 bits per heavy atom. The Bertz CT molecular complexity index is 1710. The number of allylic oxidation sites excluding steroid dienone is 2. The number of aliphatic imine (C=N–C) groups is 1. The van der Waals surface area contributed by atoms with E-state index in [0.717, 1.165) is 52.3 Å². The molecule has 0 aliphatic carbocycles. The summed E-state index contributed by atoms with van der Waals surface area (Å²) in [6.45, 7) is 14.4. The van der Waals surface area contributed by atoms with Gasteiger partial charge in [0.15, 0.2) is 0 Å². The minimum Gasteiger partial charge on any atom is -0.481 e. The van der Waals surface area contributed by atoms with E-state index in [1.807, 2.05) is 13.8 Å². The van der Waals surface area contributed by atoms with Gasteiger partial charge < -0.3 is 25.5 Å². The molecule has 0 fully saturated rings. The van der Waals surface area contributed by atoms with Gasteiger partial charge in [-0.15, -0.1) is 0 Å². The fourth-order valence-corrected chi connectivity index (χ4v) is 6.82. The maximum absolute atomic E-state index is 12.6. The van der Waals surface area contributed by atoms with Crippen LogP contribution in [0.1, 0.15) is 92.3 Å². The maximum atomic E-state index is 12.6. The summed E-state index contributed by atoms with van der Waals surface area (Å²) >= 11 is 0. The van der Waals surface area contributed by atoms with Crippen LogP contribution in [0.4, 0.5) is 0 Å². The van der Waals surface area contributed by atoms with Gasteiger partial charge in [0, 0.05) is 52.1 Å². The number of nitrogens with zero attached hydrogens (tertiary/aromatic N) is 1. The van der Waals surface area contributed by atoms with Crippen LogP contribution >= 0.6 is 0 Å². The second-order valence-electron chi connectivity index (χ2n) is 11.5. The molecular weight excluding hydrogens is 516 g/mol. The first-order valence-corrected chi connectivity index (χ1v) is 14.5. The van der Waals surface area contributed by atoms with Crippen molar-refractivity contribution >= 4 is 41.5 Å². The van der Waals surface area contributed by atoms with Crippen molar-refractivity contribution in [3.8, 4) is 0 Å². The zero-order valence-electron chi connectivity index (χ0n) is 25.0. The highest BCUT2D eigenvalue weighted by Crippen LogP contribution is 2.38. The smallest absolute Gasteiger partial charge is 0.338 e. The summed E-state index contributed by atoms with van der Waals surface area (Å²) < 4.78 is 0. The molecule has 1 unspecified atom stereocenters. The molecule has 3 aliphatic rings. The number of carboxylic acid groups (broad SMARTS) is 2. The molecule has 3 atom stereocenters. The van der Waals surface area contributed by atoms with E-state index in [-0.39, 0.29) is 29.9 Å². The molecule has 8 bridgehead atoms. The minimum absolute atomic E-state index is 0.0151. The van der Waals surface area contributed by atoms with Gasteiger partial charge in [-0.3, -0.25) is 9.79 Å². The zero-order valence-corrected chi connectivity index (χ0v) is 25.0. The minimum atomic E-state index is -1.00. The number of aromatic carboxylic acids is 1. The number of hydrogen-bond acceptors (Lipinski definition) is 4. The number of nitrogens with one attached hydrogen (secondary N) is 3. The topological polar surface area (TPSA) is 131 Å². The predicted octanol–water partition coefficient (Wildman–Crippen LogP) is 4.84. The Kier molecular flexibility index (Phi) is 7.45. The molecule has 0 saturated heterocycles. The Morgan fingerprint density at radius 2 is 1.68 bits per heavy atom. The fraction of sp³-hybridized carbons (Fsp3) is 0.424. The quantitative estimate of drug-likeness (QED) is 0.348. The lowest BCUT2D eigenvalue weighted by molar-refractivity contribution is -0.137. The normalized spacial score (nSPS) is 26.5. The molecule has 0 amide bonds. The average molecular weight is 557 g/mol. The first-order chi connectivity index (χ1) is 19.5. The Labute approximate surface area is 240 Å². The number of fused-ring (bicyclic) bond motifs is 7. The lowest BCUT2D eigenvalue weighted by Gasteiger charge is -2.18. The van der Waals surface area contributed by atoms with Crippen LogP contribution in [0.15, 0.2) is 27.5 Å². The van der Waals surface area contributed by atoms with E-state index >= 15 is 0 Å². The van der Waals surface area contributed by atoms with E-state index in [2.05, 4.69) is 68.1 Å². The van der Waals surface area contributed by atoms with E-state index in [1.54, 1.807) is 0 Å². The van der Waals surface area contributed by atoms with E-state index in [0.29, 0.717) is 17.3 Å². The largest absolute Gasteiger partial charge is 0.481 e. The van der Waals surface area contributed by atoms with Crippen molar-refractivity contribution in [1.29, 1.82) is 0 Å². The van der Waals surface area contributed by atoms with Crippen molar-refractivity contribution in [2.75, 3.05) is 0 Å².